The Labute approximate surface area is 188 Å². The molecule has 1 amide bonds. The average Bonchev–Trinajstić information content (AvgIpc) is 3.13. The van der Waals surface area contributed by atoms with E-state index in [-0.39, 0.29) is 28.9 Å². The monoisotopic (exact) mass is 454 g/mol. The topological polar surface area (TPSA) is 58.6 Å². The zero-order valence-corrected chi connectivity index (χ0v) is 17.7. The number of para-hydroxylation sites is 2. The van der Waals surface area contributed by atoms with Crippen LogP contribution in [0, 0.1) is 0 Å². The number of carbonyl (C=O) groups excluding carboxylic acids is 2. The number of halogens is 3. The number of fused-ring (bicyclic) bond motifs is 1. The van der Waals surface area contributed by atoms with Crippen LogP contribution in [-0.4, -0.2) is 24.5 Å². The summed E-state index contributed by atoms with van der Waals surface area (Å²) in [5, 5.41) is 2.83. The van der Waals surface area contributed by atoms with Crippen LogP contribution >= 0.6 is 0 Å². The summed E-state index contributed by atoms with van der Waals surface area (Å²) in [5.41, 5.74) is 1.60. The van der Waals surface area contributed by atoms with Crippen LogP contribution in [0.2, 0.25) is 0 Å². The zero-order chi connectivity index (χ0) is 23.6. The Morgan fingerprint density at radius 1 is 1.03 bits per heavy atom. The van der Waals surface area contributed by atoms with Gasteiger partial charge in [-0.3, -0.25) is 4.79 Å². The number of benzene rings is 3. The lowest BCUT2D eigenvalue weighted by atomic mass is 10.1. The Morgan fingerprint density at radius 2 is 1.76 bits per heavy atom. The van der Waals surface area contributed by atoms with Gasteiger partial charge in [-0.1, -0.05) is 36.4 Å². The molecule has 0 radical (unpaired) electrons. The number of ether oxygens (including phenoxy) is 1. The number of hydrogen-bond acceptors (Lipinski definition) is 4. The molecule has 0 fully saturated rings. The number of amides is 1. The SMILES string of the molecule is C[C@@H]1Cc2ccccc2N1C(=O)COC(=O)c1ccccc1Nc1cccc(C(F)(F)F)c1. The predicted molar refractivity (Wildman–Crippen MR) is 119 cm³/mol. The van der Waals surface area contributed by atoms with Gasteiger partial charge in [0, 0.05) is 17.4 Å². The van der Waals surface area contributed by atoms with E-state index >= 15 is 0 Å². The highest BCUT2D eigenvalue weighted by Crippen LogP contribution is 2.33. The maximum absolute atomic E-state index is 13.0. The van der Waals surface area contributed by atoms with Gasteiger partial charge in [0.25, 0.3) is 5.91 Å². The molecule has 1 N–H and O–H groups in total. The van der Waals surface area contributed by atoms with Crippen LogP contribution in [0.1, 0.15) is 28.4 Å². The number of carbonyl (C=O) groups is 2. The summed E-state index contributed by atoms with van der Waals surface area (Å²) in [7, 11) is 0. The maximum Gasteiger partial charge on any atom is 0.416 e. The molecular weight excluding hydrogens is 433 g/mol. The van der Waals surface area contributed by atoms with E-state index in [4.69, 9.17) is 4.74 Å². The summed E-state index contributed by atoms with van der Waals surface area (Å²) in [6.07, 6.45) is -3.76. The minimum Gasteiger partial charge on any atom is -0.452 e. The first-order valence-electron chi connectivity index (χ1n) is 10.3. The van der Waals surface area contributed by atoms with Crippen LogP contribution in [0.5, 0.6) is 0 Å². The Morgan fingerprint density at radius 3 is 2.55 bits per heavy atom. The van der Waals surface area contributed by atoms with E-state index in [1.54, 1.807) is 23.1 Å². The highest BCUT2D eigenvalue weighted by atomic mass is 19.4. The van der Waals surface area contributed by atoms with E-state index in [2.05, 4.69) is 5.32 Å². The number of nitrogens with zero attached hydrogens (tertiary/aromatic N) is 1. The molecule has 0 unspecified atom stereocenters. The summed E-state index contributed by atoms with van der Waals surface area (Å²) in [6.45, 7) is 1.48. The number of rotatable bonds is 5. The molecule has 1 atom stereocenters. The lowest BCUT2D eigenvalue weighted by Gasteiger charge is -2.22. The fraction of sp³-hybridized carbons (Fsp3) is 0.200. The van der Waals surface area contributed by atoms with E-state index in [0.29, 0.717) is 0 Å². The molecule has 5 nitrogen and oxygen atoms in total. The number of hydrogen-bond donors (Lipinski definition) is 1. The number of anilines is 3. The summed E-state index contributed by atoms with van der Waals surface area (Å²) < 4.78 is 44.3. The molecule has 33 heavy (non-hydrogen) atoms. The van der Waals surface area contributed by atoms with Crippen molar-refractivity contribution in [2.45, 2.75) is 25.6 Å². The third kappa shape index (κ3) is 4.84. The average molecular weight is 454 g/mol. The third-order valence-corrected chi connectivity index (χ3v) is 5.42. The molecule has 0 aliphatic carbocycles. The normalized spacial score (nSPS) is 15.2. The van der Waals surface area contributed by atoms with Crippen molar-refractivity contribution >= 4 is 28.9 Å². The molecular formula is C25H21F3N2O3. The molecule has 3 aromatic rings. The second kappa shape index (κ2) is 8.97. The molecule has 1 aliphatic heterocycles. The van der Waals surface area contributed by atoms with Crippen molar-refractivity contribution in [1.29, 1.82) is 0 Å². The quantitative estimate of drug-likeness (QED) is 0.511. The molecule has 0 spiro atoms. The second-order valence-electron chi connectivity index (χ2n) is 7.77. The fourth-order valence-electron chi connectivity index (χ4n) is 3.92. The second-order valence-corrected chi connectivity index (χ2v) is 7.77. The minimum absolute atomic E-state index is 0.0523. The van der Waals surface area contributed by atoms with Crippen LogP contribution < -0.4 is 10.2 Å². The highest BCUT2D eigenvalue weighted by molar-refractivity contribution is 6.01. The Hall–Kier alpha value is -3.81. The number of esters is 1. The largest absolute Gasteiger partial charge is 0.452 e. The Balaban J connectivity index is 1.46. The van der Waals surface area contributed by atoms with E-state index in [9.17, 15) is 22.8 Å². The first kappa shape index (κ1) is 22.4. The van der Waals surface area contributed by atoms with E-state index < -0.39 is 24.3 Å². The number of alkyl halides is 3. The van der Waals surface area contributed by atoms with Crippen molar-refractivity contribution in [3.05, 3.63) is 89.5 Å². The van der Waals surface area contributed by atoms with E-state index in [0.717, 1.165) is 29.8 Å². The third-order valence-electron chi connectivity index (χ3n) is 5.42. The van der Waals surface area contributed by atoms with Gasteiger partial charge in [0.15, 0.2) is 6.61 Å². The zero-order valence-electron chi connectivity index (χ0n) is 17.7. The van der Waals surface area contributed by atoms with Gasteiger partial charge in [0.2, 0.25) is 0 Å². The molecule has 170 valence electrons. The van der Waals surface area contributed by atoms with Crippen LogP contribution in [0.4, 0.5) is 30.2 Å². The van der Waals surface area contributed by atoms with Crippen LogP contribution in [-0.2, 0) is 22.1 Å². The highest BCUT2D eigenvalue weighted by Gasteiger charge is 2.32. The summed E-state index contributed by atoms with van der Waals surface area (Å²) in [4.78, 5) is 27.1. The van der Waals surface area contributed by atoms with Gasteiger partial charge in [-0.05, 0) is 55.3 Å². The van der Waals surface area contributed by atoms with Gasteiger partial charge in [-0.15, -0.1) is 0 Å². The van der Waals surface area contributed by atoms with Crippen molar-refractivity contribution in [3.63, 3.8) is 0 Å². The number of nitrogens with one attached hydrogen (secondary N) is 1. The van der Waals surface area contributed by atoms with Crippen LogP contribution in [0.15, 0.2) is 72.8 Å². The maximum atomic E-state index is 13.0. The fourth-order valence-corrected chi connectivity index (χ4v) is 3.92. The smallest absolute Gasteiger partial charge is 0.416 e. The van der Waals surface area contributed by atoms with Crippen LogP contribution in [0.25, 0.3) is 0 Å². The lowest BCUT2D eigenvalue weighted by Crippen LogP contribution is -2.38. The van der Waals surface area contributed by atoms with Crippen molar-refractivity contribution < 1.29 is 27.5 Å². The Kier molecular flexibility index (Phi) is 6.09. The van der Waals surface area contributed by atoms with Crippen molar-refractivity contribution in [2.75, 3.05) is 16.8 Å². The molecule has 1 aliphatic rings. The first-order valence-corrected chi connectivity index (χ1v) is 10.3. The summed E-state index contributed by atoms with van der Waals surface area (Å²) in [6, 6.07) is 18.5. The summed E-state index contributed by atoms with van der Waals surface area (Å²) >= 11 is 0. The molecule has 8 heteroatoms. The molecule has 4 rings (SSSR count). The lowest BCUT2D eigenvalue weighted by molar-refractivity contribution is -0.137. The van der Waals surface area contributed by atoms with Crippen molar-refractivity contribution in [1.82, 2.24) is 0 Å². The van der Waals surface area contributed by atoms with Gasteiger partial charge in [0.05, 0.1) is 16.8 Å². The van der Waals surface area contributed by atoms with Gasteiger partial charge in [-0.2, -0.15) is 13.2 Å². The van der Waals surface area contributed by atoms with Gasteiger partial charge < -0.3 is 15.0 Å². The Bertz CT molecular complexity index is 1190. The van der Waals surface area contributed by atoms with E-state index in [1.165, 1.54) is 18.2 Å². The van der Waals surface area contributed by atoms with Gasteiger partial charge >= 0.3 is 12.1 Å². The molecule has 0 saturated carbocycles. The minimum atomic E-state index is -4.48. The predicted octanol–water partition coefficient (Wildman–Crippen LogP) is 5.58. The summed E-state index contributed by atoms with van der Waals surface area (Å²) in [5.74, 6) is -1.09. The first-order chi connectivity index (χ1) is 15.7. The van der Waals surface area contributed by atoms with Gasteiger partial charge in [0.1, 0.15) is 0 Å². The van der Waals surface area contributed by atoms with Gasteiger partial charge in [-0.25, -0.2) is 4.79 Å². The molecule has 0 aromatic heterocycles. The molecule has 3 aromatic carbocycles. The standard InChI is InChI=1S/C25H21F3N2O3/c1-16-13-17-7-2-5-12-22(17)30(16)23(31)15-33-24(32)20-10-3-4-11-21(20)29-19-9-6-8-18(14-19)25(26,27)28/h2-12,14,16,29H,13,15H2,1H3/t16-/m1/s1. The van der Waals surface area contributed by atoms with Crippen molar-refractivity contribution in [2.24, 2.45) is 0 Å². The van der Waals surface area contributed by atoms with Crippen LogP contribution in [0.3, 0.4) is 0 Å². The molecule has 0 saturated heterocycles. The molecule has 0 bridgehead atoms. The molecule has 1 heterocycles. The van der Waals surface area contributed by atoms with Crippen molar-refractivity contribution in [3.8, 4) is 0 Å². The van der Waals surface area contributed by atoms with E-state index in [1.807, 2.05) is 31.2 Å².